The van der Waals surface area contributed by atoms with Crippen LogP contribution in [0.2, 0.25) is 5.02 Å². The van der Waals surface area contributed by atoms with Crippen LogP contribution in [0.4, 0.5) is 5.69 Å². The summed E-state index contributed by atoms with van der Waals surface area (Å²) in [5.74, 6) is 0. The molecule has 2 heterocycles. The highest BCUT2D eigenvalue weighted by Crippen LogP contribution is 2.41. The van der Waals surface area contributed by atoms with Crippen molar-refractivity contribution in [2.24, 2.45) is 0 Å². The molecule has 1 aliphatic carbocycles. The molecule has 4 nitrogen and oxygen atoms in total. The first-order valence-electron chi connectivity index (χ1n) is 8.54. The fourth-order valence-electron chi connectivity index (χ4n) is 3.87. The van der Waals surface area contributed by atoms with E-state index in [0.29, 0.717) is 22.3 Å². The maximum atomic E-state index is 9.44. The Labute approximate surface area is 151 Å². The van der Waals surface area contributed by atoms with Gasteiger partial charge in [-0.1, -0.05) is 24.4 Å². The number of anilines is 1. The lowest BCUT2D eigenvalue weighted by atomic mass is 10.0. The zero-order valence-corrected chi connectivity index (χ0v) is 14.8. The molecule has 1 aliphatic rings. The van der Waals surface area contributed by atoms with Crippen LogP contribution in [0.3, 0.4) is 0 Å². The average Bonchev–Trinajstić information content (AvgIpc) is 3.24. The Morgan fingerprint density at radius 1 is 1.24 bits per heavy atom. The number of hydrogen-bond acceptors (Lipinski definition) is 3. The lowest BCUT2D eigenvalue weighted by Crippen LogP contribution is -2.02. The van der Waals surface area contributed by atoms with Gasteiger partial charge in [0.05, 0.1) is 28.5 Å². The molecule has 0 spiro atoms. The Bertz CT molecular complexity index is 1010. The predicted molar refractivity (Wildman–Crippen MR) is 102 cm³/mol. The van der Waals surface area contributed by atoms with Crippen LogP contribution >= 0.6 is 11.6 Å². The van der Waals surface area contributed by atoms with Gasteiger partial charge in [-0.3, -0.25) is 4.98 Å². The van der Waals surface area contributed by atoms with Crippen LogP contribution in [-0.2, 0) is 0 Å². The number of pyridine rings is 1. The molecule has 0 atom stereocenters. The number of nitrogen functional groups attached to an aromatic ring is 1. The second kappa shape index (κ2) is 6.09. The standard InChI is InChI=1S/C20H19ClN4/c1-12-6-19-15(7-13(12)8-22)17(11-25(19)14-4-2-3-5-14)16-9-24-10-18(23)20(16)21/h6-7,9-11,14H,2-5,23H2,1H3. The van der Waals surface area contributed by atoms with Gasteiger partial charge in [-0.05, 0) is 37.5 Å². The van der Waals surface area contributed by atoms with Crippen LogP contribution in [0.1, 0.15) is 42.9 Å². The number of aryl methyl sites for hydroxylation is 1. The third kappa shape index (κ3) is 2.56. The highest BCUT2D eigenvalue weighted by molar-refractivity contribution is 6.36. The van der Waals surface area contributed by atoms with Crippen LogP contribution < -0.4 is 5.73 Å². The topological polar surface area (TPSA) is 67.6 Å². The highest BCUT2D eigenvalue weighted by atomic mass is 35.5. The summed E-state index contributed by atoms with van der Waals surface area (Å²) in [4.78, 5) is 4.21. The molecule has 0 aliphatic heterocycles. The maximum absolute atomic E-state index is 9.44. The number of rotatable bonds is 2. The van der Waals surface area contributed by atoms with E-state index in [1.807, 2.05) is 13.0 Å². The van der Waals surface area contributed by atoms with Gasteiger partial charge < -0.3 is 10.3 Å². The number of halogens is 1. The summed E-state index contributed by atoms with van der Waals surface area (Å²) in [6, 6.07) is 6.86. The maximum Gasteiger partial charge on any atom is 0.0994 e. The molecule has 2 N–H and O–H groups in total. The Morgan fingerprint density at radius 2 is 2.00 bits per heavy atom. The van der Waals surface area contributed by atoms with E-state index in [0.717, 1.165) is 27.6 Å². The van der Waals surface area contributed by atoms with E-state index in [2.05, 4.69) is 27.9 Å². The minimum absolute atomic E-state index is 0.466. The molecule has 4 rings (SSSR count). The molecule has 5 heteroatoms. The molecule has 1 saturated carbocycles. The van der Waals surface area contributed by atoms with Crippen molar-refractivity contribution in [3.8, 4) is 17.2 Å². The van der Waals surface area contributed by atoms with Crippen molar-refractivity contribution in [1.29, 1.82) is 5.26 Å². The molecule has 0 radical (unpaired) electrons. The van der Waals surface area contributed by atoms with Crippen molar-refractivity contribution in [3.05, 3.63) is 46.9 Å². The van der Waals surface area contributed by atoms with E-state index in [1.165, 1.54) is 25.7 Å². The van der Waals surface area contributed by atoms with Gasteiger partial charge in [-0.15, -0.1) is 0 Å². The summed E-state index contributed by atoms with van der Waals surface area (Å²) in [5, 5.41) is 11.0. The summed E-state index contributed by atoms with van der Waals surface area (Å²) in [7, 11) is 0. The van der Waals surface area contributed by atoms with Crippen molar-refractivity contribution in [2.75, 3.05) is 5.73 Å². The smallest absolute Gasteiger partial charge is 0.0994 e. The second-order valence-corrected chi connectivity index (χ2v) is 7.15. The van der Waals surface area contributed by atoms with Crippen LogP contribution in [0, 0.1) is 18.3 Å². The fraction of sp³-hybridized carbons (Fsp3) is 0.300. The van der Waals surface area contributed by atoms with Gasteiger partial charge in [0.1, 0.15) is 0 Å². The Morgan fingerprint density at radius 3 is 2.72 bits per heavy atom. The van der Waals surface area contributed by atoms with E-state index >= 15 is 0 Å². The van der Waals surface area contributed by atoms with E-state index in [-0.39, 0.29) is 0 Å². The SMILES string of the molecule is Cc1cc2c(cc1C#N)c(-c1cncc(N)c1Cl)cn2C1CCCC1. The van der Waals surface area contributed by atoms with Gasteiger partial charge in [0.15, 0.2) is 0 Å². The summed E-state index contributed by atoms with van der Waals surface area (Å²) < 4.78 is 2.35. The minimum Gasteiger partial charge on any atom is -0.396 e. The largest absolute Gasteiger partial charge is 0.396 e. The van der Waals surface area contributed by atoms with E-state index in [9.17, 15) is 5.26 Å². The number of nitriles is 1. The minimum atomic E-state index is 0.466. The van der Waals surface area contributed by atoms with Gasteiger partial charge in [-0.2, -0.15) is 5.26 Å². The normalized spacial score (nSPS) is 14.9. The van der Waals surface area contributed by atoms with Crippen molar-refractivity contribution >= 4 is 28.2 Å². The lowest BCUT2D eigenvalue weighted by Gasteiger charge is -2.13. The number of hydrogen-bond donors (Lipinski definition) is 1. The summed E-state index contributed by atoms with van der Waals surface area (Å²) in [5.41, 5.74) is 11.1. The molecule has 0 amide bonds. The van der Waals surface area contributed by atoms with Gasteiger partial charge >= 0.3 is 0 Å². The van der Waals surface area contributed by atoms with Crippen LogP contribution in [0.15, 0.2) is 30.7 Å². The molecule has 3 aromatic rings. The van der Waals surface area contributed by atoms with Gasteiger partial charge in [0.25, 0.3) is 0 Å². The van der Waals surface area contributed by atoms with Crippen LogP contribution in [-0.4, -0.2) is 9.55 Å². The fourth-order valence-corrected chi connectivity index (χ4v) is 4.07. The molecule has 126 valence electrons. The number of benzene rings is 1. The average molecular weight is 351 g/mol. The van der Waals surface area contributed by atoms with Crippen molar-refractivity contribution in [2.45, 2.75) is 38.6 Å². The van der Waals surface area contributed by atoms with E-state index in [4.69, 9.17) is 17.3 Å². The molecule has 0 saturated heterocycles. The van der Waals surface area contributed by atoms with E-state index < -0.39 is 0 Å². The molecular formula is C20H19ClN4. The molecule has 0 unspecified atom stereocenters. The number of nitrogens with two attached hydrogens (primary N) is 1. The van der Waals surface area contributed by atoms with Crippen LogP contribution in [0.25, 0.3) is 22.0 Å². The van der Waals surface area contributed by atoms with Crippen molar-refractivity contribution < 1.29 is 0 Å². The quantitative estimate of drug-likeness (QED) is 0.687. The molecule has 2 aromatic heterocycles. The molecular weight excluding hydrogens is 332 g/mol. The van der Waals surface area contributed by atoms with Gasteiger partial charge in [0.2, 0.25) is 0 Å². The van der Waals surface area contributed by atoms with Crippen molar-refractivity contribution in [1.82, 2.24) is 9.55 Å². The molecule has 1 aromatic carbocycles. The Kier molecular flexibility index (Phi) is 3.89. The lowest BCUT2D eigenvalue weighted by molar-refractivity contribution is 0.536. The van der Waals surface area contributed by atoms with Gasteiger partial charge in [-0.25, -0.2) is 0 Å². The van der Waals surface area contributed by atoms with E-state index in [1.54, 1.807) is 12.4 Å². The van der Waals surface area contributed by atoms with Crippen LogP contribution in [0.5, 0.6) is 0 Å². The zero-order valence-electron chi connectivity index (χ0n) is 14.1. The molecule has 1 fully saturated rings. The first kappa shape index (κ1) is 16.0. The highest BCUT2D eigenvalue weighted by Gasteiger charge is 2.22. The third-order valence-corrected chi connectivity index (χ3v) is 5.64. The second-order valence-electron chi connectivity index (χ2n) is 6.77. The Hall–Kier alpha value is -2.51. The zero-order chi connectivity index (χ0) is 17.6. The first-order chi connectivity index (χ1) is 12.1. The third-order valence-electron chi connectivity index (χ3n) is 5.22. The number of nitrogens with zero attached hydrogens (tertiary/aromatic N) is 3. The first-order valence-corrected chi connectivity index (χ1v) is 8.92. The predicted octanol–water partition coefficient (Wildman–Crippen LogP) is 5.23. The number of aromatic nitrogens is 2. The summed E-state index contributed by atoms with van der Waals surface area (Å²) >= 11 is 6.46. The monoisotopic (exact) mass is 350 g/mol. The summed E-state index contributed by atoms with van der Waals surface area (Å²) in [6.07, 6.45) is 10.4. The van der Waals surface area contributed by atoms with Crippen molar-refractivity contribution in [3.63, 3.8) is 0 Å². The molecule has 0 bridgehead atoms. The molecule has 25 heavy (non-hydrogen) atoms. The Balaban J connectivity index is 2.03. The summed E-state index contributed by atoms with van der Waals surface area (Å²) in [6.45, 7) is 1.98. The number of fused-ring (bicyclic) bond motifs is 1. The van der Waals surface area contributed by atoms with Gasteiger partial charge in [0, 0.05) is 40.5 Å².